The summed E-state index contributed by atoms with van der Waals surface area (Å²) in [7, 11) is 0. The molecule has 2 rings (SSSR count). The predicted octanol–water partition coefficient (Wildman–Crippen LogP) is 1.00. The summed E-state index contributed by atoms with van der Waals surface area (Å²) in [4.78, 5) is 4.00. The van der Waals surface area contributed by atoms with Crippen molar-refractivity contribution in [2.24, 2.45) is 0 Å². The van der Waals surface area contributed by atoms with Crippen LogP contribution in [0.3, 0.4) is 0 Å². The van der Waals surface area contributed by atoms with E-state index in [9.17, 15) is 0 Å². The highest BCUT2D eigenvalue weighted by molar-refractivity contribution is 5.09. The molecule has 0 spiro atoms. The van der Waals surface area contributed by atoms with Crippen molar-refractivity contribution in [3.63, 3.8) is 0 Å². The van der Waals surface area contributed by atoms with Gasteiger partial charge in [-0.25, -0.2) is 0 Å². The summed E-state index contributed by atoms with van der Waals surface area (Å²) >= 11 is 0. The molecule has 1 aromatic rings. The molecule has 3 nitrogen and oxygen atoms in total. The van der Waals surface area contributed by atoms with Crippen molar-refractivity contribution in [1.29, 1.82) is 0 Å². The third-order valence-corrected chi connectivity index (χ3v) is 2.53. The lowest BCUT2D eigenvalue weighted by Gasteiger charge is -2.23. The van der Waals surface area contributed by atoms with Crippen molar-refractivity contribution in [2.45, 2.75) is 18.9 Å². The molecular formula is C11H16N2O. The largest absolute Gasteiger partial charge is 0.379 e. The van der Waals surface area contributed by atoms with Crippen LogP contribution in [0, 0.1) is 0 Å². The summed E-state index contributed by atoms with van der Waals surface area (Å²) < 4.78 is 5.40. The average molecular weight is 192 g/mol. The van der Waals surface area contributed by atoms with Crippen LogP contribution in [0.2, 0.25) is 0 Å². The van der Waals surface area contributed by atoms with E-state index in [-0.39, 0.29) is 0 Å². The van der Waals surface area contributed by atoms with E-state index in [0.29, 0.717) is 6.04 Å². The number of ether oxygens (including phenoxy) is 1. The third-order valence-electron chi connectivity index (χ3n) is 2.53. The maximum absolute atomic E-state index is 5.40. The Morgan fingerprint density at radius 2 is 2.29 bits per heavy atom. The van der Waals surface area contributed by atoms with Crippen LogP contribution in [0.5, 0.6) is 0 Å². The molecule has 0 bridgehead atoms. The minimum atomic E-state index is 0.525. The molecule has 1 atom stereocenters. The van der Waals surface area contributed by atoms with E-state index >= 15 is 0 Å². The Balaban J connectivity index is 1.76. The lowest BCUT2D eigenvalue weighted by molar-refractivity contribution is 0.0743. The molecule has 1 unspecified atom stereocenters. The lowest BCUT2D eigenvalue weighted by Crippen LogP contribution is -2.41. The first kappa shape index (κ1) is 9.62. The molecule has 1 aromatic heterocycles. The highest BCUT2D eigenvalue weighted by Crippen LogP contribution is 2.05. The Labute approximate surface area is 84.5 Å². The van der Waals surface area contributed by atoms with E-state index in [2.05, 4.69) is 22.4 Å². The van der Waals surface area contributed by atoms with Crippen LogP contribution >= 0.6 is 0 Å². The van der Waals surface area contributed by atoms with Gasteiger partial charge >= 0.3 is 0 Å². The maximum atomic E-state index is 5.40. The number of pyridine rings is 1. The quantitative estimate of drug-likeness (QED) is 0.776. The van der Waals surface area contributed by atoms with E-state index in [1.807, 2.05) is 12.4 Å². The molecule has 0 aromatic carbocycles. The molecule has 0 saturated carbocycles. The van der Waals surface area contributed by atoms with E-state index in [4.69, 9.17) is 4.74 Å². The first-order valence-corrected chi connectivity index (χ1v) is 5.15. The number of aromatic nitrogens is 1. The van der Waals surface area contributed by atoms with Gasteiger partial charge in [-0.3, -0.25) is 4.98 Å². The van der Waals surface area contributed by atoms with Crippen molar-refractivity contribution in [1.82, 2.24) is 10.3 Å². The SMILES string of the molecule is c1cc(CCC2COCCN2)ccn1. The van der Waals surface area contributed by atoms with Gasteiger partial charge in [0.15, 0.2) is 0 Å². The van der Waals surface area contributed by atoms with Gasteiger partial charge in [-0.2, -0.15) is 0 Å². The Morgan fingerprint density at radius 3 is 3.00 bits per heavy atom. The summed E-state index contributed by atoms with van der Waals surface area (Å²) in [5, 5.41) is 3.45. The van der Waals surface area contributed by atoms with Gasteiger partial charge in [0.25, 0.3) is 0 Å². The lowest BCUT2D eigenvalue weighted by atomic mass is 10.1. The van der Waals surface area contributed by atoms with Gasteiger partial charge in [0.05, 0.1) is 13.2 Å². The molecule has 1 N–H and O–H groups in total. The minimum absolute atomic E-state index is 0.525. The van der Waals surface area contributed by atoms with Gasteiger partial charge in [0.1, 0.15) is 0 Å². The van der Waals surface area contributed by atoms with Gasteiger partial charge in [0, 0.05) is 25.0 Å². The van der Waals surface area contributed by atoms with Crippen molar-refractivity contribution in [3.8, 4) is 0 Å². The summed E-state index contributed by atoms with van der Waals surface area (Å²) in [5.41, 5.74) is 1.35. The molecule has 0 radical (unpaired) electrons. The second-order valence-electron chi connectivity index (χ2n) is 3.62. The summed E-state index contributed by atoms with van der Waals surface area (Å²) in [5.74, 6) is 0. The first-order valence-electron chi connectivity index (χ1n) is 5.15. The molecule has 3 heteroatoms. The Morgan fingerprint density at radius 1 is 1.43 bits per heavy atom. The number of nitrogens with zero attached hydrogens (tertiary/aromatic N) is 1. The van der Waals surface area contributed by atoms with Gasteiger partial charge < -0.3 is 10.1 Å². The molecule has 76 valence electrons. The molecule has 14 heavy (non-hydrogen) atoms. The van der Waals surface area contributed by atoms with E-state index in [0.717, 1.165) is 32.6 Å². The zero-order valence-corrected chi connectivity index (χ0v) is 8.28. The summed E-state index contributed by atoms with van der Waals surface area (Å²) in [6, 6.07) is 4.67. The summed E-state index contributed by atoms with van der Waals surface area (Å²) in [6.45, 7) is 2.69. The van der Waals surface area contributed by atoms with E-state index < -0.39 is 0 Å². The van der Waals surface area contributed by atoms with Crippen LogP contribution in [0.15, 0.2) is 24.5 Å². The van der Waals surface area contributed by atoms with Crippen LogP contribution < -0.4 is 5.32 Å². The van der Waals surface area contributed by atoms with Crippen molar-refractivity contribution < 1.29 is 4.74 Å². The monoisotopic (exact) mass is 192 g/mol. The van der Waals surface area contributed by atoms with Crippen LogP contribution in [-0.4, -0.2) is 30.8 Å². The summed E-state index contributed by atoms with van der Waals surface area (Å²) in [6.07, 6.45) is 5.94. The van der Waals surface area contributed by atoms with E-state index in [1.54, 1.807) is 0 Å². The number of hydrogen-bond donors (Lipinski definition) is 1. The third kappa shape index (κ3) is 2.79. The fourth-order valence-electron chi connectivity index (χ4n) is 1.70. The Kier molecular flexibility index (Phi) is 3.49. The van der Waals surface area contributed by atoms with Crippen LogP contribution in [0.1, 0.15) is 12.0 Å². The van der Waals surface area contributed by atoms with Crippen LogP contribution in [0.4, 0.5) is 0 Å². The van der Waals surface area contributed by atoms with Crippen molar-refractivity contribution in [3.05, 3.63) is 30.1 Å². The molecule has 1 aliphatic rings. The van der Waals surface area contributed by atoms with Crippen LogP contribution in [0.25, 0.3) is 0 Å². The maximum Gasteiger partial charge on any atom is 0.0620 e. The molecule has 0 aliphatic carbocycles. The van der Waals surface area contributed by atoms with Crippen LogP contribution in [-0.2, 0) is 11.2 Å². The first-order chi connectivity index (χ1) is 6.95. The zero-order valence-electron chi connectivity index (χ0n) is 8.28. The highest BCUT2D eigenvalue weighted by atomic mass is 16.5. The highest BCUT2D eigenvalue weighted by Gasteiger charge is 2.12. The number of rotatable bonds is 3. The fraction of sp³-hybridized carbons (Fsp3) is 0.545. The standard InChI is InChI=1S/C11H16N2O/c1(10-3-5-12-6-4-10)2-11-9-14-8-7-13-11/h3-6,11,13H,1-2,7-9H2. The second kappa shape index (κ2) is 5.08. The topological polar surface area (TPSA) is 34.1 Å². The Hall–Kier alpha value is -0.930. The predicted molar refractivity (Wildman–Crippen MR) is 55.2 cm³/mol. The molecular weight excluding hydrogens is 176 g/mol. The van der Waals surface area contributed by atoms with Gasteiger partial charge in [-0.15, -0.1) is 0 Å². The zero-order chi connectivity index (χ0) is 9.64. The smallest absolute Gasteiger partial charge is 0.0620 e. The molecule has 0 amide bonds. The Bertz CT molecular complexity index is 257. The van der Waals surface area contributed by atoms with Gasteiger partial charge in [0.2, 0.25) is 0 Å². The molecule has 2 heterocycles. The fourth-order valence-corrected chi connectivity index (χ4v) is 1.70. The molecule has 1 fully saturated rings. The second-order valence-corrected chi connectivity index (χ2v) is 3.62. The van der Waals surface area contributed by atoms with E-state index in [1.165, 1.54) is 5.56 Å². The average Bonchev–Trinajstić information content (AvgIpc) is 2.29. The van der Waals surface area contributed by atoms with Gasteiger partial charge in [-0.05, 0) is 30.5 Å². The molecule has 1 aliphatic heterocycles. The minimum Gasteiger partial charge on any atom is -0.379 e. The number of aryl methyl sites for hydroxylation is 1. The number of hydrogen-bond acceptors (Lipinski definition) is 3. The molecule has 1 saturated heterocycles. The normalized spacial score (nSPS) is 22.1. The number of morpholine rings is 1. The number of nitrogens with one attached hydrogen (secondary N) is 1. The van der Waals surface area contributed by atoms with Crippen molar-refractivity contribution >= 4 is 0 Å². The van der Waals surface area contributed by atoms with Crippen molar-refractivity contribution in [2.75, 3.05) is 19.8 Å². The van der Waals surface area contributed by atoms with Gasteiger partial charge in [-0.1, -0.05) is 0 Å².